The smallest absolute Gasteiger partial charge is 0.124 e. The highest BCUT2D eigenvalue weighted by atomic mass is 127. The molecule has 18 heavy (non-hydrogen) atoms. The van der Waals surface area contributed by atoms with Gasteiger partial charge in [-0.1, -0.05) is 17.7 Å². The maximum atomic E-state index is 13.0. The van der Waals surface area contributed by atoms with Gasteiger partial charge in [0, 0.05) is 41.1 Å². The van der Waals surface area contributed by atoms with Crippen LogP contribution in [-0.2, 0) is 0 Å². The van der Waals surface area contributed by atoms with Gasteiger partial charge in [-0.2, -0.15) is 5.10 Å². The van der Waals surface area contributed by atoms with Gasteiger partial charge in [0.15, 0.2) is 0 Å². The van der Waals surface area contributed by atoms with Gasteiger partial charge in [0.2, 0.25) is 0 Å². The van der Waals surface area contributed by atoms with Crippen molar-refractivity contribution in [2.45, 2.75) is 31.6 Å². The van der Waals surface area contributed by atoms with Gasteiger partial charge in [0.05, 0.1) is 0 Å². The lowest BCUT2D eigenvalue weighted by molar-refractivity contribution is 0.561. The largest absolute Gasteiger partial charge is 0.242 e. The van der Waals surface area contributed by atoms with Crippen molar-refractivity contribution < 1.29 is 4.39 Å². The zero-order valence-corrected chi connectivity index (χ0v) is 13.4. The molecule has 0 atom stereocenters. The maximum absolute atomic E-state index is 13.0. The molecule has 1 N–H and O–H groups in total. The third-order valence-corrected chi connectivity index (χ3v) is 4.28. The van der Waals surface area contributed by atoms with E-state index in [2.05, 4.69) is 31.1 Å². The van der Waals surface area contributed by atoms with Gasteiger partial charge in [-0.05, 0) is 49.3 Å². The number of hydrogen-bond donors (Lipinski definition) is 1. The predicted octanol–water partition coefficient (Wildman–Crippen LogP) is 5.08. The van der Waals surface area contributed by atoms with E-state index in [1.807, 2.05) is 6.07 Å². The third-order valence-electron chi connectivity index (χ3n) is 3.20. The van der Waals surface area contributed by atoms with Crippen LogP contribution in [0.25, 0.3) is 0 Å². The fraction of sp³-hybridized carbons (Fsp3) is 0.417. The Morgan fingerprint density at radius 2 is 2.11 bits per heavy atom. The first-order valence-corrected chi connectivity index (χ1v) is 9.47. The minimum atomic E-state index is -0.273. The van der Waals surface area contributed by atoms with Crippen LogP contribution in [0.2, 0.25) is 5.02 Å². The van der Waals surface area contributed by atoms with Crippen LogP contribution >= 0.6 is 41.9 Å². The van der Waals surface area contributed by atoms with Crippen molar-refractivity contribution in [3.05, 3.63) is 34.6 Å². The van der Waals surface area contributed by atoms with Crippen molar-refractivity contribution in [3.63, 3.8) is 0 Å². The van der Waals surface area contributed by atoms with E-state index in [0.29, 0.717) is 10.9 Å². The molecule has 0 bridgehead atoms. The second kappa shape index (κ2) is 6.96. The van der Waals surface area contributed by atoms with Crippen molar-refractivity contribution in [2.75, 3.05) is 0 Å². The zero-order valence-electron chi connectivity index (χ0n) is 9.63. The number of halogens is 3. The highest BCUT2D eigenvalue weighted by Crippen LogP contribution is 2.35. The first-order valence-electron chi connectivity index (χ1n) is 5.73. The first kappa shape index (κ1) is 14.4. The topological polar surface area (TPSA) is 24.4 Å². The number of benzene rings is 1. The molecule has 0 amide bonds. The lowest BCUT2D eigenvalue weighted by atomic mass is 9.83. The van der Waals surface area contributed by atoms with Gasteiger partial charge in [-0.15, -0.1) is 0 Å². The van der Waals surface area contributed by atoms with Crippen LogP contribution in [0.5, 0.6) is 0 Å². The Bertz CT molecular complexity index is 446. The molecule has 0 heterocycles. The second-order valence-electron chi connectivity index (χ2n) is 4.29. The molecule has 1 aromatic carbocycles. The van der Waals surface area contributed by atoms with Gasteiger partial charge in [0.1, 0.15) is 5.82 Å². The molecule has 2 rings (SSSR count). The number of hydrazone groups is 1. The van der Waals surface area contributed by atoms with Crippen LogP contribution in [0.4, 0.5) is 4.39 Å². The highest BCUT2D eigenvalue weighted by molar-refractivity contribution is 14.2. The number of rotatable bonds is 3. The van der Waals surface area contributed by atoms with Gasteiger partial charge in [-0.25, -0.2) is 9.22 Å². The van der Waals surface area contributed by atoms with Crippen molar-refractivity contribution in [2.24, 2.45) is 5.10 Å². The van der Waals surface area contributed by atoms with Crippen LogP contribution in [-0.4, -0.2) is 5.71 Å². The molecule has 1 aliphatic carbocycles. The summed E-state index contributed by atoms with van der Waals surface area (Å²) in [5.41, 5.74) is 2.27. The van der Waals surface area contributed by atoms with Crippen LogP contribution in [0.1, 0.15) is 37.2 Å². The number of nitrogens with one attached hydrogen (secondary N) is 1. The molecule has 1 aromatic rings. The third kappa shape index (κ3) is 3.74. The number of hydrogen-bond acceptors (Lipinski definition) is 3. The summed E-state index contributed by atoms with van der Waals surface area (Å²) >= 11 is 8.25. The van der Waals surface area contributed by atoms with Crippen molar-refractivity contribution in [1.82, 2.24) is 4.83 Å². The Morgan fingerprint density at radius 3 is 2.72 bits per heavy atom. The Kier molecular flexibility index (Phi) is 5.56. The fourth-order valence-corrected chi connectivity index (χ4v) is 3.07. The van der Waals surface area contributed by atoms with Gasteiger partial charge < -0.3 is 0 Å². The van der Waals surface area contributed by atoms with Crippen LogP contribution in [0, 0.1) is 5.82 Å². The Balaban J connectivity index is 2.01. The zero-order chi connectivity index (χ0) is 13.0. The summed E-state index contributed by atoms with van der Waals surface area (Å²) in [5.74, 6) is 0.148. The van der Waals surface area contributed by atoms with Crippen molar-refractivity contribution >= 4 is 47.6 Å². The molecular weight excluding hydrogens is 386 g/mol. The molecular formula is C12H13ClFIN2S. The predicted molar refractivity (Wildman–Crippen MR) is 84.8 cm³/mol. The van der Waals surface area contributed by atoms with E-state index >= 15 is 0 Å². The average molecular weight is 399 g/mol. The molecule has 0 aliphatic heterocycles. The summed E-state index contributed by atoms with van der Waals surface area (Å²) < 4.78 is 13.0. The lowest BCUT2D eigenvalue weighted by Crippen LogP contribution is -2.15. The summed E-state index contributed by atoms with van der Waals surface area (Å²) in [6.07, 6.45) is 4.00. The van der Waals surface area contributed by atoms with Crippen LogP contribution < -0.4 is 4.83 Å². The Labute approximate surface area is 127 Å². The van der Waals surface area contributed by atoms with Gasteiger partial charge >= 0.3 is 0 Å². The van der Waals surface area contributed by atoms with Crippen molar-refractivity contribution in [1.29, 1.82) is 0 Å². The molecule has 0 aromatic heterocycles. The number of nitrogens with zero attached hydrogens (tertiary/aromatic N) is 1. The normalized spacial score (nSPS) is 19.7. The molecule has 2 nitrogen and oxygen atoms in total. The lowest BCUT2D eigenvalue weighted by Gasteiger charge is -2.24. The van der Waals surface area contributed by atoms with E-state index in [9.17, 15) is 4.39 Å². The minimum absolute atomic E-state index is 0.273. The SMILES string of the molecule is Fc1ccc(C2CCC(=NNSI)CC2)c(Cl)c1. The monoisotopic (exact) mass is 398 g/mol. The molecule has 98 valence electrons. The van der Waals surface area contributed by atoms with Crippen LogP contribution in [0.15, 0.2) is 23.3 Å². The summed E-state index contributed by atoms with van der Waals surface area (Å²) in [7, 11) is 1.47. The Morgan fingerprint density at radius 1 is 1.39 bits per heavy atom. The molecule has 0 spiro atoms. The summed E-state index contributed by atoms with van der Waals surface area (Å²) in [6.45, 7) is 0. The van der Waals surface area contributed by atoms with E-state index < -0.39 is 0 Å². The first-order chi connectivity index (χ1) is 8.70. The molecule has 0 unspecified atom stereocenters. The quantitative estimate of drug-likeness (QED) is 0.436. The molecule has 1 fully saturated rings. The summed E-state index contributed by atoms with van der Waals surface area (Å²) in [6, 6.07) is 4.69. The van der Waals surface area contributed by atoms with E-state index in [1.54, 1.807) is 0 Å². The maximum Gasteiger partial charge on any atom is 0.124 e. The standard InChI is InChI=1S/C12H13ClFIN2S/c13-12-7-9(14)3-6-11(12)8-1-4-10(5-2-8)16-17-18-15/h3,6-8,17H,1-2,4-5H2. The van der Waals surface area contributed by atoms with E-state index in [-0.39, 0.29) is 5.82 Å². The fourth-order valence-electron chi connectivity index (χ4n) is 2.29. The van der Waals surface area contributed by atoms with E-state index in [0.717, 1.165) is 31.2 Å². The summed E-state index contributed by atoms with van der Waals surface area (Å²) in [4.78, 5) is 2.91. The highest BCUT2D eigenvalue weighted by Gasteiger charge is 2.21. The second-order valence-corrected chi connectivity index (χ2v) is 6.35. The van der Waals surface area contributed by atoms with E-state index in [4.69, 9.17) is 11.6 Å². The van der Waals surface area contributed by atoms with Crippen molar-refractivity contribution in [3.8, 4) is 0 Å². The molecule has 0 saturated heterocycles. The molecule has 1 saturated carbocycles. The van der Waals surface area contributed by atoms with Gasteiger partial charge in [0.25, 0.3) is 0 Å². The van der Waals surface area contributed by atoms with E-state index in [1.165, 1.54) is 27.0 Å². The average Bonchev–Trinajstić information content (AvgIpc) is 2.37. The molecule has 6 heteroatoms. The molecule has 0 radical (unpaired) electrons. The van der Waals surface area contributed by atoms with Gasteiger partial charge in [-0.3, -0.25) is 0 Å². The molecule has 1 aliphatic rings. The van der Waals surface area contributed by atoms with Crippen LogP contribution in [0.3, 0.4) is 0 Å². The minimum Gasteiger partial charge on any atom is -0.242 e. The summed E-state index contributed by atoms with van der Waals surface area (Å²) in [5, 5.41) is 4.84. The Hall–Kier alpha value is -0.0100.